The SMILES string of the molecule is CC(C)c1ccc(-n2nnnc2SCC(=O)NC[C@@H](c2ccccc2)[NH+](C)C)cc1. The number of quaternary nitrogens is 1. The number of nitrogens with one attached hydrogen (secondary N) is 2. The summed E-state index contributed by atoms with van der Waals surface area (Å²) in [5, 5.41) is 15.6. The van der Waals surface area contributed by atoms with E-state index in [2.05, 4.69) is 73.1 Å². The van der Waals surface area contributed by atoms with Crippen LogP contribution in [-0.2, 0) is 4.79 Å². The fourth-order valence-corrected chi connectivity index (χ4v) is 3.89. The van der Waals surface area contributed by atoms with Gasteiger partial charge < -0.3 is 10.2 Å². The molecule has 0 aliphatic carbocycles. The third-order valence-electron chi connectivity index (χ3n) is 4.98. The van der Waals surface area contributed by atoms with Crippen molar-refractivity contribution in [3.63, 3.8) is 0 Å². The molecule has 158 valence electrons. The minimum absolute atomic E-state index is 0.0353. The van der Waals surface area contributed by atoms with Gasteiger partial charge >= 0.3 is 0 Å². The first-order valence-corrected chi connectivity index (χ1v) is 11.1. The maximum Gasteiger partial charge on any atom is 0.230 e. The number of amides is 1. The Morgan fingerprint density at radius 2 is 1.77 bits per heavy atom. The smallest absolute Gasteiger partial charge is 0.230 e. The lowest BCUT2D eigenvalue weighted by atomic mass is 10.0. The second kappa shape index (κ2) is 10.4. The van der Waals surface area contributed by atoms with E-state index < -0.39 is 0 Å². The van der Waals surface area contributed by atoms with E-state index >= 15 is 0 Å². The molecular weight excluding hydrogens is 396 g/mol. The Kier molecular flexibility index (Phi) is 7.59. The van der Waals surface area contributed by atoms with Crippen LogP contribution in [0.3, 0.4) is 0 Å². The van der Waals surface area contributed by atoms with Crippen molar-refractivity contribution >= 4 is 17.7 Å². The first-order chi connectivity index (χ1) is 14.5. The molecule has 1 aromatic heterocycles. The molecule has 0 spiro atoms. The molecular formula is C22H29N6OS+. The zero-order valence-corrected chi connectivity index (χ0v) is 18.7. The van der Waals surface area contributed by atoms with Crippen LogP contribution in [0.2, 0.25) is 0 Å². The molecule has 2 N–H and O–H groups in total. The molecule has 0 radical (unpaired) electrons. The van der Waals surface area contributed by atoms with Crippen LogP contribution in [0.1, 0.15) is 36.9 Å². The predicted octanol–water partition coefficient (Wildman–Crippen LogP) is 1.88. The van der Waals surface area contributed by atoms with Crippen LogP contribution in [0.25, 0.3) is 5.69 Å². The third-order valence-corrected chi connectivity index (χ3v) is 5.90. The number of carbonyl (C=O) groups is 1. The van der Waals surface area contributed by atoms with Crippen molar-refractivity contribution in [2.75, 3.05) is 26.4 Å². The van der Waals surface area contributed by atoms with Crippen molar-refractivity contribution < 1.29 is 9.69 Å². The van der Waals surface area contributed by atoms with Crippen LogP contribution in [0.4, 0.5) is 0 Å². The average Bonchev–Trinajstić information content (AvgIpc) is 3.21. The van der Waals surface area contributed by atoms with E-state index in [1.165, 1.54) is 27.8 Å². The highest BCUT2D eigenvalue weighted by atomic mass is 32.2. The summed E-state index contributed by atoms with van der Waals surface area (Å²) in [4.78, 5) is 13.7. The van der Waals surface area contributed by atoms with Gasteiger partial charge in [-0.2, -0.15) is 4.68 Å². The Morgan fingerprint density at radius 3 is 2.40 bits per heavy atom. The molecule has 0 saturated heterocycles. The van der Waals surface area contributed by atoms with Crippen molar-refractivity contribution in [2.45, 2.75) is 31.0 Å². The van der Waals surface area contributed by atoms with Gasteiger partial charge in [-0.25, -0.2) is 0 Å². The quantitative estimate of drug-likeness (QED) is 0.512. The predicted molar refractivity (Wildman–Crippen MR) is 119 cm³/mol. The molecule has 30 heavy (non-hydrogen) atoms. The van der Waals surface area contributed by atoms with Crippen molar-refractivity contribution in [2.24, 2.45) is 0 Å². The molecule has 1 atom stereocenters. The largest absolute Gasteiger partial charge is 0.349 e. The van der Waals surface area contributed by atoms with Crippen molar-refractivity contribution in [1.82, 2.24) is 25.5 Å². The van der Waals surface area contributed by atoms with Gasteiger partial charge in [0.15, 0.2) is 0 Å². The van der Waals surface area contributed by atoms with E-state index in [1.54, 1.807) is 4.68 Å². The molecule has 0 unspecified atom stereocenters. The Hall–Kier alpha value is -2.71. The fraction of sp³-hybridized carbons (Fsp3) is 0.364. The maximum absolute atomic E-state index is 12.4. The molecule has 2 aromatic carbocycles. The normalized spacial score (nSPS) is 12.3. The number of hydrogen-bond donors (Lipinski definition) is 2. The number of hydrogen-bond acceptors (Lipinski definition) is 5. The van der Waals surface area contributed by atoms with E-state index in [9.17, 15) is 4.79 Å². The highest BCUT2D eigenvalue weighted by Gasteiger charge is 2.19. The summed E-state index contributed by atoms with van der Waals surface area (Å²) in [5.41, 5.74) is 3.35. The van der Waals surface area contributed by atoms with Gasteiger partial charge in [0.05, 0.1) is 32.1 Å². The van der Waals surface area contributed by atoms with Crippen LogP contribution >= 0.6 is 11.8 Å². The van der Waals surface area contributed by atoms with Crippen molar-refractivity contribution in [3.8, 4) is 5.69 Å². The number of nitrogens with zero attached hydrogens (tertiary/aromatic N) is 4. The lowest BCUT2D eigenvalue weighted by Gasteiger charge is -2.22. The molecule has 0 bridgehead atoms. The number of tetrazole rings is 1. The van der Waals surface area contributed by atoms with Crippen LogP contribution in [0.5, 0.6) is 0 Å². The van der Waals surface area contributed by atoms with Crippen LogP contribution in [0, 0.1) is 0 Å². The Balaban J connectivity index is 1.57. The van der Waals surface area contributed by atoms with Gasteiger partial charge in [0.1, 0.15) is 6.04 Å². The van der Waals surface area contributed by atoms with Gasteiger partial charge in [-0.05, 0) is 34.0 Å². The second-order valence-electron chi connectivity index (χ2n) is 7.75. The number of rotatable bonds is 9. The van der Waals surface area contributed by atoms with E-state index in [0.29, 0.717) is 17.6 Å². The van der Waals surface area contributed by atoms with Gasteiger partial charge in [-0.3, -0.25) is 4.79 Å². The van der Waals surface area contributed by atoms with Crippen LogP contribution < -0.4 is 10.2 Å². The molecule has 8 heteroatoms. The first kappa shape index (κ1) is 22.0. The Bertz CT molecular complexity index is 940. The monoisotopic (exact) mass is 425 g/mol. The molecule has 0 fully saturated rings. The molecule has 1 heterocycles. The summed E-state index contributed by atoms with van der Waals surface area (Å²) < 4.78 is 1.67. The highest BCUT2D eigenvalue weighted by Crippen LogP contribution is 2.20. The number of thioether (sulfide) groups is 1. The summed E-state index contributed by atoms with van der Waals surface area (Å²) in [5.74, 6) is 0.690. The summed E-state index contributed by atoms with van der Waals surface area (Å²) in [7, 11) is 4.19. The summed E-state index contributed by atoms with van der Waals surface area (Å²) in [6.45, 7) is 4.89. The molecule has 3 rings (SSSR count). The van der Waals surface area contributed by atoms with E-state index in [4.69, 9.17) is 0 Å². The topological polar surface area (TPSA) is 77.1 Å². The van der Waals surface area contributed by atoms with Crippen molar-refractivity contribution in [1.29, 1.82) is 0 Å². The van der Waals surface area contributed by atoms with Crippen LogP contribution in [0.15, 0.2) is 59.8 Å². The summed E-state index contributed by atoms with van der Waals surface area (Å²) in [6.07, 6.45) is 0. The second-order valence-corrected chi connectivity index (χ2v) is 8.70. The van der Waals surface area contributed by atoms with E-state index in [1.807, 2.05) is 30.3 Å². The zero-order chi connectivity index (χ0) is 21.5. The van der Waals surface area contributed by atoms with Gasteiger partial charge in [-0.15, -0.1) is 5.10 Å². The molecule has 0 aliphatic rings. The molecule has 3 aromatic rings. The molecule has 0 saturated carbocycles. The van der Waals surface area contributed by atoms with E-state index in [-0.39, 0.29) is 17.7 Å². The summed E-state index contributed by atoms with van der Waals surface area (Å²) >= 11 is 1.33. The Morgan fingerprint density at radius 1 is 1.07 bits per heavy atom. The number of benzene rings is 2. The van der Waals surface area contributed by atoms with Gasteiger partial charge in [0.25, 0.3) is 0 Å². The fourth-order valence-electron chi connectivity index (χ4n) is 3.17. The lowest BCUT2D eigenvalue weighted by Crippen LogP contribution is -3.07. The Labute approximate surface area is 181 Å². The molecule has 0 aliphatic heterocycles. The zero-order valence-electron chi connectivity index (χ0n) is 17.9. The average molecular weight is 426 g/mol. The maximum atomic E-state index is 12.4. The summed E-state index contributed by atoms with van der Waals surface area (Å²) in [6, 6.07) is 18.6. The van der Waals surface area contributed by atoms with Crippen LogP contribution in [-0.4, -0.2) is 52.5 Å². The van der Waals surface area contributed by atoms with Gasteiger partial charge in [0.2, 0.25) is 11.1 Å². The van der Waals surface area contributed by atoms with Gasteiger partial charge in [0, 0.05) is 5.56 Å². The number of carbonyl (C=O) groups excluding carboxylic acids is 1. The molecule has 7 nitrogen and oxygen atoms in total. The standard InChI is InChI=1S/C22H28N6OS/c1-16(2)17-10-12-19(13-11-17)28-22(24-25-26-28)30-15-21(29)23-14-20(27(3)4)18-8-6-5-7-9-18/h5-13,16,20H,14-15H2,1-4H3,(H,23,29)/p+1/t20-/m0/s1. The minimum atomic E-state index is -0.0353. The van der Waals surface area contributed by atoms with Crippen molar-refractivity contribution in [3.05, 3.63) is 65.7 Å². The number of likely N-dealkylation sites (N-methyl/N-ethyl adjacent to an activating group) is 1. The van der Waals surface area contributed by atoms with E-state index in [0.717, 1.165) is 5.69 Å². The third kappa shape index (κ3) is 5.67. The highest BCUT2D eigenvalue weighted by molar-refractivity contribution is 7.99. The minimum Gasteiger partial charge on any atom is -0.349 e. The van der Waals surface area contributed by atoms with Gasteiger partial charge in [-0.1, -0.05) is 68.1 Å². The lowest BCUT2D eigenvalue weighted by molar-refractivity contribution is -0.890. The number of aromatic nitrogens is 4. The molecule has 1 amide bonds. The first-order valence-electron chi connectivity index (χ1n) is 10.1.